The van der Waals surface area contributed by atoms with Crippen LogP contribution in [0.5, 0.6) is 5.75 Å². The Hall–Kier alpha value is -1.42. The molecule has 1 rings (SSSR count). The number of rotatable bonds is 8. The Morgan fingerprint density at radius 3 is 2.63 bits per heavy atom. The first-order valence-electron chi connectivity index (χ1n) is 6.50. The second-order valence-electron chi connectivity index (χ2n) is 4.51. The lowest BCUT2D eigenvalue weighted by Crippen LogP contribution is -2.20. The second kappa shape index (κ2) is 7.89. The molecule has 0 saturated heterocycles. The molecular formula is C15H21FO3. The van der Waals surface area contributed by atoms with Crippen molar-refractivity contribution in [2.75, 3.05) is 20.8 Å². The van der Waals surface area contributed by atoms with Crippen LogP contribution < -0.4 is 4.74 Å². The molecular weight excluding hydrogens is 247 g/mol. The third kappa shape index (κ3) is 4.31. The van der Waals surface area contributed by atoms with E-state index >= 15 is 0 Å². The molecule has 1 unspecified atom stereocenters. The Balaban J connectivity index is 2.86. The molecule has 1 aromatic rings. The van der Waals surface area contributed by atoms with Gasteiger partial charge in [-0.3, -0.25) is 4.79 Å². The third-order valence-corrected chi connectivity index (χ3v) is 3.08. The highest BCUT2D eigenvalue weighted by Crippen LogP contribution is 2.21. The largest absolute Gasteiger partial charge is 0.494 e. The van der Waals surface area contributed by atoms with Gasteiger partial charge in [0.2, 0.25) is 0 Å². The maximum atomic E-state index is 13.6. The van der Waals surface area contributed by atoms with Gasteiger partial charge in [0.25, 0.3) is 0 Å². The minimum absolute atomic E-state index is 0.0724. The van der Waals surface area contributed by atoms with Crippen LogP contribution in [0.4, 0.5) is 4.39 Å². The molecule has 0 N–H and O–H groups in total. The van der Waals surface area contributed by atoms with Crippen LogP contribution in [-0.2, 0) is 4.74 Å². The van der Waals surface area contributed by atoms with E-state index in [1.165, 1.54) is 19.2 Å². The lowest BCUT2D eigenvalue weighted by Gasteiger charge is -2.15. The number of Topliss-reactive ketones (excluding diaryl/α,β-unsaturated/α-hetero) is 1. The standard InChI is InChI=1S/C15H21FO3/c1-4-5-6-12(10-18-2)15(17)11-7-8-14(19-3)13(16)9-11/h7-9,12H,4-6,10H2,1-3H3. The van der Waals surface area contributed by atoms with Gasteiger partial charge in [0.1, 0.15) is 0 Å². The Morgan fingerprint density at radius 2 is 2.11 bits per heavy atom. The van der Waals surface area contributed by atoms with E-state index < -0.39 is 5.82 Å². The molecule has 0 fully saturated rings. The van der Waals surface area contributed by atoms with E-state index in [0.29, 0.717) is 12.2 Å². The van der Waals surface area contributed by atoms with Crippen LogP contribution in [0, 0.1) is 11.7 Å². The van der Waals surface area contributed by atoms with Gasteiger partial charge in [-0.25, -0.2) is 4.39 Å². The molecule has 0 aliphatic carbocycles. The van der Waals surface area contributed by atoms with Gasteiger partial charge in [-0.05, 0) is 24.6 Å². The van der Waals surface area contributed by atoms with Crippen LogP contribution in [0.1, 0.15) is 36.5 Å². The number of halogens is 1. The monoisotopic (exact) mass is 268 g/mol. The van der Waals surface area contributed by atoms with Crippen molar-refractivity contribution in [3.63, 3.8) is 0 Å². The summed E-state index contributed by atoms with van der Waals surface area (Å²) < 4.78 is 23.5. The van der Waals surface area contributed by atoms with E-state index in [-0.39, 0.29) is 17.5 Å². The van der Waals surface area contributed by atoms with Crippen molar-refractivity contribution >= 4 is 5.78 Å². The Morgan fingerprint density at radius 1 is 1.37 bits per heavy atom. The molecule has 3 nitrogen and oxygen atoms in total. The molecule has 0 amide bonds. The van der Waals surface area contributed by atoms with Gasteiger partial charge in [0, 0.05) is 18.6 Å². The first-order chi connectivity index (χ1) is 9.13. The summed E-state index contributed by atoms with van der Waals surface area (Å²) in [7, 11) is 2.97. The third-order valence-electron chi connectivity index (χ3n) is 3.08. The predicted molar refractivity (Wildman–Crippen MR) is 72.2 cm³/mol. The van der Waals surface area contributed by atoms with Crippen LogP contribution in [0.3, 0.4) is 0 Å². The molecule has 1 atom stereocenters. The Kier molecular flexibility index (Phi) is 6.50. The lowest BCUT2D eigenvalue weighted by molar-refractivity contribution is 0.0791. The Labute approximate surface area is 113 Å². The van der Waals surface area contributed by atoms with Gasteiger partial charge in [-0.15, -0.1) is 0 Å². The minimum atomic E-state index is -0.514. The van der Waals surface area contributed by atoms with Crippen molar-refractivity contribution in [1.82, 2.24) is 0 Å². The van der Waals surface area contributed by atoms with E-state index in [4.69, 9.17) is 9.47 Å². The first-order valence-corrected chi connectivity index (χ1v) is 6.50. The highest BCUT2D eigenvalue weighted by molar-refractivity contribution is 5.98. The highest BCUT2D eigenvalue weighted by Gasteiger charge is 2.20. The maximum Gasteiger partial charge on any atom is 0.168 e. The van der Waals surface area contributed by atoms with Crippen LogP contribution in [0.2, 0.25) is 0 Å². The van der Waals surface area contributed by atoms with Crippen molar-refractivity contribution in [1.29, 1.82) is 0 Å². The average Bonchev–Trinajstić information content (AvgIpc) is 2.42. The normalized spacial score (nSPS) is 12.2. The average molecular weight is 268 g/mol. The summed E-state index contributed by atoms with van der Waals surface area (Å²) in [5, 5.41) is 0. The van der Waals surface area contributed by atoms with Crippen molar-refractivity contribution in [2.45, 2.75) is 26.2 Å². The number of carbonyl (C=O) groups is 1. The minimum Gasteiger partial charge on any atom is -0.494 e. The molecule has 0 spiro atoms. The zero-order valence-corrected chi connectivity index (χ0v) is 11.7. The van der Waals surface area contributed by atoms with Crippen LogP contribution in [0.15, 0.2) is 18.2 Å². The van der Waals surface area contributed by atoms with Gasteiger partial charge in [0.15, 0.2) is 17.3 Å². The summed E-state index contributed by atoms with van der Waals surface area (Å²) in [6.07, 6.45) is 2.74. The van der Waals surface area contributed by atoms with Crippen molar-refractivity contribution < 1.29 is 18.7 Å². The molecule has 0 aromatic heterocycles. The molecule has 4 heteroatoms. The van der Waals surface area contributed by atoms with Crippen LogP contribution in [0.25, 0.3) is 0 Å². The summed E-state index contributed by atoms with van der Waals surface area (Å²) in [6, 6.07) is 4.31. The van der Waals surface area contributed by atoms with Gasteiger partial charge in [-0.2, -0.15) is 0 Å². The number of unbranched alkanes of at least 4 members (excludes halogenated alkanes) is 1. The number of methoxy groups -OCH3 is 2. The Bertz CT molecular complexity index is 418. The molecule has 106 valence electrons. The topological polar surface area (TPSA) is 35.5 Å². The summed E-state index contributed by atoms with van der Waals surface area (Å²) in [4.78, 5) is 12.3. The predicted octanol–water partition coefficient (Wildman–Crippen LogP) is 3.47. The smallest absolute Gasteiger partial charge is 0.168 e. The summed E-state index contributed by atoms with van der Waals surface area (Å²) in [5.41, 5.74) is 0.372. The molecule has 19 heavy (non-hydrogen) atoms. The van der Waals surface area contributed by atoms with Crippen molar-refractivity contribution in [3.8, 4) is 5.75 Å². The van der Waals surface area contributed by atoms with Crippen LogP contribution in [-0.4, -0.2) is 26.6 Å². The number of hydrogen-bond donors (Lipinski definition) is 0. The molecule has 0 aliphatic heterocycles. The number of ether oxygens (including phenoxy) is 2. The zero-order valence-electron chi connectivity index (χ0n) is 11.7. The molecule has 0 saturated carbocycles. The first kappa shape index (κ1) is 15.6. The van der Waals surface area contributed by atoms with Crippen molar-refractivity contribution in [2.24, 2.45) is 5.92 Å². The number of hydrogen-bond acceptors (Lipinski definition) is 3. The van der Waals surface area contributed by atoms with E-state index in [2.05, 4.69) is 6.92 Å². The fourth-order valence-corrected chi connectivity index (χ4v) is 2.00. The number of carbonyl (C=O) groups excluding carboxylic acids is 1. The van der Waals surface area contributed by atoms with Crippen LogP contribution >= 0.6 is 0 Å². The van der Waals surface area contributed by atoms with Gasteiger partial charge < -0.3 is 9.47 Å². The molecule has 0 aliphatic rings. The molecule has 1 aromatic carbocycles. The van der Waals surface area contributed by atoms with Gasteiger partial charge in [0.05, 0.1) is 13.7 Å². The molecule has 0 radical (unpaired) electrons. The van der Waals surface area contributed by atoms with E-state index in [0.717, 1.165) is 19.3 Å². The summed E-state index contributed by atoms with van der Waals surface area (Å²) in [5.74, 6) is -0.650. The second-order valence-corrected chi connectivity index (χ2v) is 4.51. The number of ketones is 1. The van der Waals surface area contributed by atoms with Gasteiger partial charge in [-0.1, -0.05) is 19.8 Å². The fraction of sp³-hybridized carbons (Fsp3) is 0.533. The fourth-order valence-electron chi connectivity index (χ4n) is 2.00. The SMILES string of the molecule is CCCCC(COC)C(=O)c1ccc(OC)c(F)c1. The zero-order chi connectivity index (χ0) is 14.3. The molecule has 0 heterocycles. The lowest BCUT2D eigenvalue weighted by atomic mass is 9.93. The highest BCUT2D eigenvalue weighted by atomic mass is 19.1. The van der Waals surface area contributed by atoms with E-state index in [9.17, 15) is 9.18 Å². The van der Waals surface area contributed by atoms with E-state index in [1.54, 1.807) is 13.2 Å². The quantitative estimate of drug-likeness (QED) is 0.677. The summed E-state index contributed by atoms with van der Waals surface area (Å²) >= 11 is 0. The number of benzene rings is 1. The summed E-state index contributed by atoms with van der Waals surface area (Å²) in [6.45, 7) is 2.44. The maximum absolute atomic E-state index is 13.6. The molecule has 0 bridgehead atoms. The van der Waals surface area contributed by atoms with E-state index in [1.807, 2.05) is 0 Å². The van der Waals surface area contributed by atoms with Crippen molar-refractivity contribution in [3.05, 3.63) is 29.6 Å². The van der Waals surface area contributed by atoms with Gasteiger partial charge >= 0.3 is 0 Å².